The number of amides is 2. The van der Waals surface area contributed by atoms with Gasteiger partial charge in [0.2, 0.25) is 5.91 Å². The van der Waals surface area contributed by atoms with Gasteiger partial charge in [-0.15, -0.1) is 0 Å². The van der Waals surface area contributed by atoms with E-state index in [4.69, 9.17) is 0 Å². The second kappa shape index (κ2) is 7.72. The number of ketones is 1. The highest BCUT2D eigenvalue weighted by molar-refractivity contribution is 6.14. The molecule has 0 saturated carbocycles. The van der Waals surface area contributed by atoms with Gasteiger partial charge in [-0.05, 0) is 56.8 Å². The molecule has 2 N–H and O–H groups in total. The minimum absolute atomic E-state index is 0.0105. The third kappa shape index (κ3) is 4.23. The quantitative estimate of drug-likeness (QED) is 0.854. The fourth-order valence-electron chi connectivity index (χ4n) is 3.21. The van der Waals surface area contributed by atoms with E-state index in [1.165, 1.54) is 0 Å². The van der Waals surface area contributed by atoms with Crippen LogP contribution in [0.3, 0.4) is 0 Å². The number of carbonyl (C=O) groups is 3. The fraction of sp³-hybridized carbons (Fsp3) is 0.286. The van der Waals surface area contributed by atoms with Gasteiger partial charge >= 0.3 is 0 Å². The van der Waals surface area contributed by atoms with Crippen molar-refractivity contribution in [1.29, 1.82) is 0 Å². The Labute approximate surface area is 158 Å². The lowest BCUT2D eigenvalue weighted by molar-refractivity contribution is -0.116. The summed E-state index contributed by atoms with van der Waals surface area (Å²) in [4.78, 5) is 38.6. The molecule has 0 fully saturated rings. The predicted molar refractivity (Wildman–Crippen MR) is 105 cm³/mol. The summed E-state index contributed by atoms with van der Waals surface area (Å²) in [6.07, 6.45) is 1.13. The van der Waals surface area contributed by atoms with Crippen molar-refractivity contribution in [3.8, 4) is 0 Å². The summed E-state index contributed by atoms with van der Waals surface area (Å²) >= 11 is 0. The topological polar surface area (TPSA) is 78.5 Å². The van der Waals surface area contributed by atoms with Gasteiger partial charge in [0.25, 0.3) is 5.91 Å². The van der Waals surface area contributed by atoms with Crippen molar-refractivity contribution in [2.24, 2.45) is 0 Å². The normalized spacial score (nSPS) is 12.8. The molecule has 0 aromatic heterocycles. The molecule has 2 aromatic carbocycles. The zero-order valence-corrected chi connectivity index (χ0v) is 15.8. The number of carbonyl (C=O) groups excluding carboxylic acids is 3. The number of likely N-dealkylation sites (N-methyl/N-ethyl adjacent to an activating group) is 1. The second-order valence-corrected chi connectivity index (χ2v) is 7.03. The smallest absolute Gasteiger partial charge is 0.256 e. The highest BCUT2D eigenvalue weighted by atomic mass is 16.2. The number of fused-ring (bicyclic) bond motifs is 1. The number of hydrogen-bond acceptors (Lipinski definition) is 4. The minimum atomic E-state index is -0.323. The van der Waals surface area contributed by atoms with E-state index in [1.807, 2.05) is 33.2 Å². The van der Waals surface area contributed by atoms with Gasteiger partial charge in [0.1, 0.15) is 0 Å². The zero-order valence-electron chi connectivity index (χ0n) is 15.8. The second-order valence-electron chi connectivity index (χ2n) is 7.03. The van der Waals surface area contributed by atoms with Crippen molar-refractivity contribution in [2.45, 2.75) is 19.8 Å². The van der Waals surface area contributed by atoms with Crippen molar-refractivity contribution in [2.75, 3.05) is 31.3 Å². The van der Waals surface area contributed by atoms with Crippen LogP contribution in [0.2, 0.25) is 0 Å². The first-order valence-corrected chi connectivity index (χ1v) is 8.87. The average molecular weight is 365 g/mol. The lowest BCUT2D eigenvalue weighted by Gasteiger charge is -2.14. The maximum Gasteiger partial charge on any atom is 0.256 e. The summed E-state index contributed by atoms with van der Waals surface area (Å²) in [6.45, 7) is 2.16. The zero-order chi connectivity index (χ0) is 19.6. The molecular formula is C21H23N3O3. The molecule has 1 aliphatic rings. The molecule has 1 aliphatic carbocycles. The number of aryl methyl sites for hydroxylation is 2. The molecule has 0 atom stereocenters. The molecule has 0 spiro atoms. The highest BCUT2D eigenvalue weighted by Gasteiger charge is 2.25. The van der Waals surface area contributed by atoms with Crippen LogP contribution in [0.5, 0.6) is 0 Å². The predicted octanol–water partition coefficient (Wildman–Crippen LogP) is 2.88. The SMILES string of the molecule is Cc1ccc(NC(=O)c2cccc3c2C(=O)CC3)cc1NC(=O)CN(C)C. The molecule has 0 saturated heterocycles. The Morgan fingerprint density at radius 2 is 1.85 bits per heavy atom. The van der Waals surface area contributed by atoms with Crippen LogP contribution >= 0.6 is 0 Å². The summed E-state index contributed by atoms with van der Waals surface area (Å²) in [6, 6.07) is 10.7. The lowest BCUT2D eigenvalue weighted by atomic mass is 10.0. The molecule has 6 nitrogen and oxygen atoms in total. The Morgan fingerprint density at radius 1 is 1.07 bits per heavy atom. The Bertz CT molecular complexity index is 919. The molecule has 0 bridgehead atoms. The Kier molecular flexibility index (Phi) is 5.37. The summed E-state index contributed by atoms with van der Waals surface area (Å²) in [5.74, 6) is -0.439. The van der Waals surface area contributed by atoms with E-state index in [1.54, 1.807) is 29.2 Å². The Morgan fingerprint density at radius 3 is 2.59 bits per heavy atom. The molecule has 2 amide bonds. The van der Waals surface area contributed by atoms with Gasteiger partial charge in [0.05, 0.1) is 12.1 Å². The fourth-order valence-corrected chi connectivity index (χ4v) is 3.21. The van der Waals surface area contributed by atoms with E-state index < -0.39 is 0 Å². The molecule has 140 valence electrons. The van der Waals surface area contributed by atoms with Crippen molar-refractivity contribution < 1.29 is 14.4 Å². The maximum absolute atomic E-state index is 12.7. The summed E-state index contributed by atoms with van der Waals surface area (Å²) in [5, 5.41) is 5.69. The van der Waals surface area contributed by atoms with Crippen LogP contribution in [0.25, 0.3) is 0 Å². The van der Waals surface area contributed by atoms with Crippen LogP contribution in [-0.2, 0) is 11.2 Å². The van der Waals surface area contributed by atoms with Crippen LogP contribution in [0.15, 0.2) is 36.4 Å². The Balaban J connectivity index is 1.80. The molecule has 0 unspecified atom stereocenters. The first kappa shape index (κ1) is 18.8. The number of Topliss-reactive ketones (excluding diaryl/α,β-unsaturated/α-hetero) is 1. The van der Waals surface area contributed by atoms with E-state index in [9.17, 15) is 14.4 Å². The van der Waals surface area contributed by atoms with Gasteiger partial charge < -0.3 is 15.5 Å². The van der Waals surface area contributed by atoms with Crippen molar-refractivity contribution >= 4 is 29.0 Å². The maximum atomic E-state index is 12.7. The summed E-state index contributed by atoms with van der Waals surface area (Å²) in [5.41, 5.74) is 3.96. The third-order valence-corrected chi connectivity index (χ3v) is 4.52. The number of rotatable bonds is 5. The van der Waals surface area contributed by atoms with E-state index >= 15 is 0 Å². The number of anilines is 2. The first-order chi connectivity index (χ1) is 12.8. The molecule has 0 heterocycles. The van der Waals surface area contributed by atoms with Crippen LogP contribution < -0.4 is 10.6 Å². The molecule has 0 aliphatic heterocycles. The third-order valence-electron chi connectivity index (χ3n) is 4.52. The largest absolute Gasteiger partial charge is 0.325 e. The van der Waals surface area contributed by atoms with Gasteiger partial charge in [0.15, 0.2) is 5.78 Å². The molecule has 6 heteroatoms. The molecule has 27 heavy (non-hydrogen) atoms. The number of nitrogens with zero attached hydrogens (tertiary/aromatic N) is 1. The molecule has 0 radical (unpaired) electrons. The van der Waals surface area contributed by atoms with Crippen molar-refractivity contribution in [3.63, 3.8) is 0 Å². The number of nitrogens with one attached hydrogen (secondary N) is 2. The standard InChI is InChI=1S/C21H23N3O3/c1-13-7-9-15(11-17(13)23-19(26)12-24(2)3)22-21(27)16-6-4-5-14-8-10-18(25)20(14)16/h4-7,9,11H,8,10,12H2,1-3H3,(H,22,27)(H,23,26). The lowest BCUT2D eigenvalue weighted by Crippen LogP contribution is -2.27. The van der Waals surface area contributed by atoms with E-state index in [0.717, 1.165) is 11.1 Å². The van der Waals surface area contributed by atoms with Gasteiger partial charge in [-0.1, -0.05) is 18.2 Å². The van der Waals surface area contributed by atoms with Crippen LogP contribution in [0, 0.1) is 6.92 Å². The summed E-state index contributed by atoms with van der Waals surface area (Å²) in [7, 11) is 3.64. The monoisotopic (exact) mass is 365 g/mol. The minimum Gasteiger partial charge on any atom is -0.325 e. The van der Waals surface area contributed by atoms with E-state index in [-0.39, 0.29) is 24.1 Å². The number of hydrogen-bond donors (Lipinski definition) is 2. The van der Waals surface area contributed by atoms with Gasteiger partial charge in [-0.3, -0.25) is 14.4 Å². The van der Waals surface area contributed by atoms with Gasteiger partial charge in [-0.25, -0.2) is 0 Å². The van der Waals surface area contributed by atoms with Crippen molar-refractivity contribution in [3.05, 3.63) is 58.7 Å². The Hall–Kier alpha value is -2.99. The van der Waals surface area contributed by atoms with Gasteiger partial charge in [-0.2, -0.15) is 0 Å². The average Bonchev–Trinajstić information content (AvgIpc) is 2.98. The van der Waals surface area contributed by atoms with E-state index in [0.29, 0.717) is 35.3 Å². The van der Waals surface area contributed by atoms with Gasteiger partial charge in [0, 0.05) is 23.4 Å². The van der Waals surface area contributed by atoms with Crippen molar-refractivity contribution in [1.82, 2.24) is 4.90 Å². The molecule has 2 aromatic rings. The van der Waals surface area contributed by atoms with Crippen LogP contribution in [-0.4, -0.2) is 43.1 Å². The molecular weight excluding hydrogens is 342 g/mol. The van der Waals surface area contributed by atoms with Crippen LogP contribution in [0.1, 0.15) is 38.3 Å². The molecule has 3 rings (SSSR count). The van der Waals surface area contributed by atoms with Crippen LogP contribution in [0.4, 0.5) is 11.4 Å². The first-order valence-electron chi connectivity index (χ1n) is 8.87. The van der Waals surface area contributed by atoms with E-state index in [2.05, 4.69) is 10.6 Å². The summed E-state index contributed by atoms with van der Waals surface area (Å²) < 4.78 is 0. The highest BCUT2D eigenvalue weighted by Crippen LogP contribution is 2.27. The number of benzene rings is 2.